The molecule has 0 aliphatic heterocycles. The maximum absolute atomic E-state index is 9.46. The Hall–Kier alpha value is -1.44. The number of hydrogen-bond acceptors (Lipinski definition) is 3. The molecule has 0 amide bonds. The second kappa shape index (κ2) is 6.13. The average Bonchev–Trinajstić information content (AvgIpc) is 2.87. The number of benzene rings is 1. The number of halogens is 1. The molecule has 0 fully saturated rings. The number of aromatic nitrogens is 1. The Morgan fingerprint density at radius 2 is 2.38 bits per heavy atom. The van der Waals surface area contributed by atoms with Gasteiger partial charge in [-0.15, -0.1) is 11.3 Å². The number of aryl methyl sites for hydroxylation is 1. The number of thiazole rings is 1. The van der Waals surface area contributed by atoms with Gasteiger partial charge < -0.3 is 0 Å². The zero-order chi connectivity index (χ0) is 14.8. The highest BCUT2D eigenvalue weighted by atomic mass is 79.9. The van der Waals surface area contributed by atoms with E-state index >= 15 is 0 Å². The van der Waals surface area contributed by atoms with Crippen molar-refractivity contribution in [1.29, 1.82) is 5.26 Å². The van der Waals surface area contributed by atoms with Crippen molar-refractivity contribution < 1.29 is 0 Å². The summed E-state index contributed by atoms with van der Waals surface area (Å²) in [5.74, 6) is 0.727. The van der Waals surface area contributed by atoms with E-state index in [1.165, 1.54) is 17.0 Å². The molecule has 0 radical (unpaired) electrons. The fourth-order valence-electron chi connectivity index (χ4n) is 2.56. The van der Waals surface area contributed by atoms with Crippen LogP contribution < -0.4 is 0 Å². The van der Waals surface area contributed by atoms with E-state index in [0.29, 0.717) is 5.57 Å². The van der Waals surface area contributed by atoms with Gasteiger partial charge in [0.2, 0.25) is 0 Å². The smallest absolute Gasteiger partial charge is 0.134 e. The quantitative estimate of drug-likeness (QED) is 0.700. The SMILES string of the molecule is CC1CCc2nc(/C(C#N)=C/c3cccc(Br)c3)sc2C1. The molecule has 21 heavy (non-hydrogen) atoms. The molecule has 106 valence electrons. The van der Waals surface area contributed by atoms with Crippen LogP contribution in [0.3, 0.4) is 0 Å². The fraction of sp³-hybridized carbons (Fsp3) is 0.294. The molecule has 0 saturated heterocycles. The summed E-state index contributed by atoms with van der Waals surface area (Å²) in [7, 11) is 0. The van der Waals surface area contributed by atoms with E-state index in [4.69, 9.17) is 4.98 Å². The number of fused-ring (bicyclic) bond motifs is 1. The summed E-state index contributed by atoms with van der Waals surface area (Å²) < 4.78 is 1.01. The molecule has 3 rings (SSSR count). The topological polar surface area (TPSA) is 36.7 Å². The number of hydrogen-bond donors (Lipinski definition) is 0. The van der Waals surface area contributed by atoms with Gasteiger partial charge in [0.1, 0.15) is 11.1 Å². The first-order valence-electron chi connectivity index (χ1n) is 7.02. The van der Waals surface area contributed by atoms with Crippen LogP contribution in [0.2, 0.25) is 0 Å². The molecule has 1 aromatic carbocycles. The van der Waals surface area contributed by atoms with E-state index in [2.05, 4.69) is 28.9 Å². The number of allylic oxidation sites excluding steroid dienone is 1. The molecule has 0 N–H and O–H groups in total. The minimum Gasteiger partial charge on any atom is -0.240 e. The second-order valence-corrected chi connectivity index (χ2v) is 7.46. The third kappa shape index (κ3) is 3.25. The Morgan fingerprint density at radius 1 is 1.52 bits per heavy atom. The molecule has 0 saturated carbocycles. The first-order chi connectivity index (χ1) is 10.2. The molecule has 2 aromatic rings. The maximum atomic E-state index is 9.46. The molecule has 1 unspecified atom stereocenters. The van der Waals surface area contributed by atoms with Crippen LogP contribution in [0.4, 0.5) is 0 Å². The lowest BCUT2D eigenvalue weighted by molar-refractivity contribution is 0.502. The van der Waals surface area contributed by atoms with Crippen molar-refractivity contribution in [1.82, 2.24) is 4.98 Å². The highest BCUT2D eigenvalue weighted by molar-refractivity contribution is 9.10. The van der Waals surface area contributed by atoms with E-state index in [1.807, 2.05) is 30.3 Å². The summed E-state index contributed by atoms with van der Waals surface area (Å²) in [6.07, 6.45) is 5.26. The van der Waals surface area contributed by atoms with Crippen molar-refractivity contribution in [2.45, 2.75) is 26.2 Å². The van der Waals surface area contributed by atoms with Crippen molar-refractivity contribution in [3.8, 4) is 6.07 Å². The van der Waals surface area contributed by atoms with E-state index in [9.17, 15) is 5.26 Å². The predicted molar refractivity (Wildman–Crippen MR) is 90.9 cm³/mol. The standard InChI is InChI=1S/C17H15BrN2S/c1-11-5-6-15-16(7-11)21-17(20-15)13(10-19)8-12-3-2-4-14(18)9-12/h2-4,8-9,11H,5-7H2,1H3/b13-8+. The van der Waals surface area contributed by atoms with Crippen LogP contribution in [0.5, 0.6) is 0 Å². The molecule has 1 atom stereocenters. The Balaban J connectivity index is 1.96. The maximum Gasteiger partial charge on any atom is 0.134 e. The van der Waals surface area contributed by atoms with Crippen molar-refractivity contribution in [3.05, 3.63) is 49.9 Å². The Morgan fingerprint density at radius 3 is 3.14 bits per heavy atom. The normalized spacial score (nSPS) is 18.1. The zero-order valence-corrected chi connectivity index (χ0v) is 14.2. The highest BCUT2D eigenvalue weighted by Crippen LogP contribution is 2.33. The van der Waals surface area contributed by atoms with Crippen molar-refractivity contribution in [3.63, 3.8) is 0 Å². The van der Waals surface area contributed by atoms with Crippen molar-refractivity contribution in [2.75, 3.05) is 0 Å². The van der Waals surface area contributed by atoms with Gasteiger partial charge in [0.05, 0.1) is 11.3 Å². The molecule has 1 heterocycles. The van der Waals surface area contributed by atoms with Crippen LogP contribution in [-0.2, 0) is 12.8 Å². The van der Waals surface area contributed by atoms with Gasteiger partial charge in [0.25, 0.3) is 0 Å². The van der Waals surface area contributed by atoms with Gasteiger partial charge in [0, 0.05) is 9.35 Å². The van der Waals surface area contributed by atoms with Crippen LogP contribution in [0.15, 0.2) is 28.7 Å². The monoisotopic (exact) mass is 358 g/mol. The number of nitrogens with zero attached hydrogens (tertiary/aromatic N) is 2. The first-order valence-corrected chi connectivity index (χ1v) is 8.63. The van der Waals surface area contributed by atoms with Gasteiger partial charge in [0.15, 0.2) is 0 Å². The molecule has 0 spiro atoms. The molecule has 1 aliphatic rings. The molecule has 2 nitrogen and oxygen atoms in total. The molecule has 1 aromatic heterocycles. The van der Waals surface area contributed by atoms with Gasteiger partial charge in [-0.25, -0.2) is 4.98 Å². The highest BCUT2D eigenvalue weighted by Gasteiger charge is 2.20. The summed E-state index contributed by atoms with van der Waals surface area (Å²) in [6, 6.07) is 10.3. The number of rotatable bonds is 2. The van der Waals surface area contributed by atoms with Crippen LogP contribution in [-0.4, -0.2) is 4.98 Å². The Kier molecular flexibility index (Phi) is 4.23. The number of nitriles is 1. The summed E-state index contributed by atoms with van der Waals surface area (Å²) in [4.78, 5) is 6.05. The van der Waals surface area contributed by atoms with E-state index in [1.54, 1.807) is 11.3 Å². The van der Waals surface area contributed by atoms with Gasteiger partial charge in [-0.3, -0.25) is 0 Å². The molecule has 0 bridgehead atoms. The first kappa shape index (κ1) is 14.5. The van der Waals surface area contributed by atoms with Gasteiger partial charge in [-0.2, -0.15) is 5.26 Å². The third-order valence-electron chi connectivity index (χ3n) is 3.70. The molecule has 1 aliphatic carbocycles. The summed E-state index contributed by atoms with van der Waals surface area (Å²) in [5, 5.41) is 10.3. The predicted octanol–water partition coefficient (Wildman–Crippen LogP) is 5.09. The molecular weight excluding hydrogens is 344 g/mol. The second-order valence-electron chi connectivity index (χ2n) is 5.46. The lowest BCUT2D eigenvalue weighted by atomic mass is 9.93. The van der Waals surface area contributed by atoms with Crippen LogP contribution in [0, 0.1) is 17.2 Å². The lowest BCUT2D eigenvalue weighted by Crippen LogP contribution is -2.09. The van der Waals surface area contributed by atoms with Gasteiger partial charge in [-0.1, -0.05) is 35.0 Å². The van der Waals surface area contributed by atoms with Crippen LogP contribution in [0.25, 0.3) is 11.6 Å². The Labute approximate surface area is 137 Å². The summed E-state index contributed by atoms with van der Waals surface area (Å²) >= 11 is 5.14. The average molecular weight is 359 g/mol. The van der Waals surface area contributed by atoms with Gasteiger partial charge >= 0.3 is 0 Å². The van der Waals surface area contributed by atoms with Crippen molar-refractivity contribution in [2.24, 2.45) is 5.92 Å². The van der Waals surface area contributed by atoms with Crippen LogP contribution >= 0.6 is 27.3 Å². The Bertz CT molecular complexity index is 739. The third-order valence-corrected chi connectivity index (χ3v) is 5.34. The van der Waals surface area contributed by atoms with E-state index in [0.717, 1.165) is 33.8 Å². The van der Waals surface area contributed by atoms with E-state index < -0.39 is 0 Å². The summed E-state index contributed by atoms with van der Waals surface area (Å²) in [5.41, 5.74) is 2.87. The van der Waals surface area contributed by atoms with Gasteiger partial charge in [-0.05, 0) is 49.0 Å². The largest absolute Gasteiger partial charge is 0.240 e. The zero-order valence-electron chi connectivity index (χ0n) is 11.8. The molecule has 4 heteroatoms. The molecular formula is C17H15BrN2S. The fourth-order valence-corrected chi connectivity index (χ4v) is 4.21. The van der Waals surface area contributed by atoms with Crippen LogP contribution in [0.1, 0.15) is 34.5 Å². The minimum absolute atomic E-state index is 0.653. The van der Waals surface area contributed by atoms with Crippen molar-refractivity contribution >= 4 is 38.9 Å². The van der Waals surface area contributed by atoms with E-state index in [-0.39, 0.29) is 0 Å². The summed E-state index contributed by atoms with van der Waals surface area (Å²) in [6.45, 7) is 2.28. The minimum atomic E-state index is 0.653. The lowest BCUT2D eigenvalue weighted by Gasteiger charge is -2.15.